The van der Waals surface area contributed by atoms with Crippen molar-refractivity contribution in [3.8, 4) is 16.9 Å². The van der Waals surface area contributed by atoms with Crippen LogP contribution >= 0.6 is 0 Å². The standard InChI is InChI=1S/C29H33F3N6O8S/c1-19-7-9-20(10-8-19)24-16-25(29(30,31)32)33-37(24)22-11-13-23(14-12-22)47(42,43)34-26(39)21-6-5-15-36(17-21)38(41)35-45-18-44-27(40)46-28(2,3)4/h7-14,16,21H,5-6,15,17-18H2,1-4H3,(H,34,39)/b38-35+. The molecule has 4 rings (SSSR count). The summed E-state index contributed by atoms with van der Waals surface area (Å²) in [6.45, 7) is 6.02. The van der Waals surface area contributed by atoms with E-state index >= 15 is 0 Å². The number of hydrogen-bond acceptors (Lipinski definition) is 10. The monoisotopic (exact) mass is 682 g/mol. The Hall–Kier alpha value is -4.87. The van der Waals surface area contributed by atoms with Crippen LogP contribution in [0, 0.1) is 18.0 Å². The molecule has 1 aliphatic rings. The van der Waals surface area contributed by atoms with E-state index < -0.39 is 52.3 Å². The average Bonchev–Trinajstić information content (AvgIpc) is 3.45. The lowest BCUT2D eigenvalue weighted by molar-refractivity contribution is -0.714. The minimum atomic E-state index is -4.71. The van der Waals surface area contributed by atoms with Gasteiger partial charge in [-0.1, -0.05) is 29.8 Å². The predicted molar refractivity (Wildman–Crippen MR) is 158 cm³/mol. The highest BCUT2D eigenvalue weighted by Gasteiger charge is 2.36. The maximum atomic E-state index is 13.5. The van der Waals surface area contributed by atoms with Crippen LogP contribution in [0.15, 0.2) is 64.8 Å². The summed E-state index contributed by atoms with van der Waals surface area (Å²) in [4.78, 5) is 28.9. The first-order chi connectivity index (χ1) is 21.9. The number of nitrogens with one attached hydrogen (secondary N) is 1. The van der Waals surface area contributed by atoms with E-state index in [-0.39, 0.29) is 40.8 Å². The van der Waals surface area contributed by atoms with Gasteiger partial charge in [-0.05, 0) is 70.9 Å². The first-order valence-corrected chi connectivity index (χ1v) is 15.7. The Kier molecular flexibility index (Phi) is 10.3. The van der Waals surface area contributed by atoms with Gasteiger partial charge in [0.25, 0.3) is 16.8 Å². The summed E-state index contributed by atoms with van der Waals surface area (Å²) in [5.41, 5.74) is -0.247. The van der Waals surface area contributed by atoms with Crippen LogP contribution in [0.5, 0.6) is 0 Å². The van der Waals surface area contributed by atoms with Crippen molar-refractivity contribution in [1.82, 2.24) is 19.5 Å². The van der Waals surface area contributed by atoms with Crippen molar-refractivity contribution in [3.05, 3.63) is 71.1 Å². The number of aryl methyl sites for hydroxylation is 1. The molecule has 254 valence electrons. The van der Waals surface area contributed by atoms with Crippen molar-refractivity contribution < 1.29 is 50.5 Å². The molecule has 1 amide bonds. The number of halogens is 3. The Labute approximate surface area is 268 Å². The zero-order valence-electron chi connectivity index (χ0n) is 25.9. The van der Waals surface area contributed by atoms with Gasteiger partial charge in [-0.3, -0.25) is 4.79 Å². The summed E-state index contributed by atoms with van der Waals surface area (Å²) in [6.07, 6.45) is -5.12. The molecule has 1 aliphatic heterocycles. The highest BCUT2D eigenvalue weighted by atomic mass is 32.2. The van der Waals surface area contributed by atoms with Crippen LogP contribution in [0.2, 0.25) is 0 Å². The molecule has 1 unspecified atom stereocenters. The molecule has 0 aliphatic carbocycles. The number of nitrogens with zero attached hydrogens (tertiary/aromatic N) is 5. The van der Waals surface area contributed by atoms with Crippen LogP contribution in [0.4, 0.5) is 18.0 Å². The molecule has 18 heteroatoms. The van der Waals surface area contributed by atoms with Gasteiger partial charge in [0.05, 0.1) is 40.3 Å². The molecular formula is C29H33F3N6O8S. The Balaban J connectivity index is 1.41. The lowest BCUT2D eigenvalue weighted by Crippen LogP contribution is -2.46. The van der Waals surface area contributed by atoms with Gasteiger partial charge >= 0.3 is 12.3 Å². The topological polar surface area (TPSA) is 167 Å². The molecule has 1 saturated heterocycles. The number of ether oxygens (including phenoxy) is 2. The first-order valence-electron chi connectivity index (χ1n) is 14.3. The zero-order valence-corrected chi connectivity index (χ0v) is 26.7. The first kappa shape index (κ1) is 35.0. The zero-order chi connectivity index (χ0) is 34.6. The van der Waals surface area contributed by atoms with Gasteiger partial charge < -0.3 is 19.5 Å². The number of alkyl halides is 3. The van der Waals surface area contributed by atoms with Crippen LogP contribution in [-0.4, -0.2) is 65.7 Å². The predicted octanol–water partition coefficient (Wildman–Crippen LogP) is 5.10. The van der Waals surface area contributed by atoms with Gasteiger partial charge in [0, 0.05) is 5.56 Å². The van der Waals surface area contributed by atoms with E-state index in [9.17, 15) is 36.4 Å². The number of hydrogen-bond donors (Lipinski definition) is 1. The highest BCUT2D eigenvalue weighted by Crippen LogP contribution is 2.33. The number of carbonyl (C=O) groups is 2. The van der Waals surface area contributed by atoms with Crippen LogP contribution in [0.25, 0.3) is 16.9 Å². The van der Waals surface area contributed by atoms with E-state index in [1.54, 1.807) is 45.0 Å². The SMILES string of the molecule is Cc1ccc(-c2cc(C(F)(F)F)nn2-c2ccc(S(=O)(=O)NC(=O)C3CCCN(/[N+]([O-])=N\OCOC(=O)OC(C)(C)C)C3)cc2)cc1. The van der Waals surface area contributed by atoms with Gasteiger partial charge in [0.1, 0.15) is 5.60 Å². The van der Waals surface area contributed by atoms with Gasteiger partial charge in [-0.25, -0.2) is 22.6 Å². The molecule has 14 nitrogen and oxygen atoms in total. The number of amides is 1. The number of hydrazine groups is 1. The summed E-state index contributed by atoms with van der Waals surface area (Å²) >= 11 is 0. The van der Waals surface area contributed by atoms with Gasteiger partial charge in [-0.2, -0.15) is 18.3 Å². The molecule has 0 spiro atoms. The van der Waals surface area contributed by atoms with Gasteiger partial charge in [-0.15, -0.1) is 5.01 Å². The van der Waals surface area contributed by atoms with Crippen molar-refractivity contribution in [1.29, 1.82) is 0 Å². The summed E-state index contributed by atoms with van der Waals surface area (Å²) < 4.78 is 79.3. The van der Waals surface area contributed by atoms with E-state index in [0.717, 1.165) is 33.5 Å². The molecular weight excluding hydrogens is 649 g/mol. The average molecular weight is 683 g/mol. The Morgan fingerprint density at radius 2 is 1.77 bits per heavy atom. The van der Waals surface area contributed by atoms with Crippen LogP contribution < -0.4 is 4.72 Å². The quantitative estimate of drug-likeness (QED) is 0.0801. The minimum Gasteiger partial charge on any atom is -0.569 e. The highest BCUT2D eigenvalue weighted by molar-refractivity contribution is 7.90. The molecule has 1 fully saturated rings. The molecule has 47 heavy (non-hydrogen) atoms. The lowest BCUT2D eigenvalue weighted by atomic mass is 9.99. The minimum absolute atomic E-state index is 0.0649. The molecule has 0 bridgehead atoms. The summed E-state index contributed by atoms with van der Waals surface area (Å²) in [7, 11) is -4.40. The molecule has 3 aromatic rings. The fourth-order valence-corrected chi connectivity index (χ4v) is 5.54. The number of benzene rings is 2. The molecule has 0 saturated carbocycles. The normalized spacial score (nSPS) is 16.0. The van der Waals surface area contributed by atoms with Gasteiger partial charge in [0.2, 0.25) is 11.2 Å². The van der Waals surface area contributed by atoms with Crippen molar-refractivity contribution >= 4 is 22.1 Å². The second kappa shape index (κ2) is 13.9. The van der Waals surface area contributed by atoms with E-state index in [1.807, 2.05) is 11.6 Å². The third kappa shape index (κ3) is 9.34. The Morgan fingerprint density at radius 1 is 1.11 bits per heavy atom. The molecule has 1 atom stereocenters. The second-order valence-electron chi connectivity index (χ2n) is 11.6. The van der Waals surface area contributed by atoms with Crippen molar-refractivity contribution in [3.63, 3.8) is 0 Å². The van der Waals surface area contributed by atoms with Crippen LogP contribution in [0.1, 0.15) is 44.9 Å². The largest absolute Gasteiger partial charge is 0.569 e. The fraction of sp³-hybridized carbons (Fsp3) is 0.414. The van der Waals surface area contributed by atoms with Gasteiger partial charge in [0.15, 0.2) is 5.69 Å². The van der Waals surface area contributed by atoms with Crippen LogP contribution in [0.3, 0.4) is 0 Å². The summed E-state index contributed by atoms with van der Waals surface area (Å²) in [5.74, 6) is -1.78. The molecule has 0 radical (unpaired) electrons. The smallest absolute Gasteiger partial charge is 0.511 e. The third-order valence-electron chi connectivity index (χ3n) is 6.73. The van der Waals surface area contributed by atoms with Crippen LogP contribution in [-0.2, 0) is 35.3 Å². The van der Waals surface area contributed by atoms with Crippen molar-refractivity contribution in [2.24, 2.45) is 11.2 Å². The van der Waals surface area contributed by atoms with E-state index in [4.69, 9.17) is 4.74 Å². The number of aromatic nitrogens is 2. The number of piperidine rings is 1. The Morgan fingerprint density at radius 3 is 2.38 bits per heavy atom. The Bertz CT molecular complexity index is 1720. The van der Waals surface area contributed by atoms with Crippen molar-refractivity contribution in [2.45, 2.75) is 57.2 Å². The molecule has 1 N–H and O–H groups in total. The molecule has 1 aromatic heterocycles. The summed E-state index contributed by atoms with van der Waals surface area (Å²) in [5, 5.41) is 20.4. The maximum absolute atomic E-state index is 13.5. The van der Waals surface area contributed by atoms with Crippen molar-refractivity contribution in [2.75, 3.05) is 19.9 Å². The number of rotatable bonds is 9. The number of sulfonamides is 1. The molecule has 2 aromatic carbocycles. The maximum Gasteiger partial charge on any atom is 0.511 e. The lowest BCUT2D eigenvalue weighted by Gasteiger charge is -2.27. The van der Waals surface area contributed by atoms with E-state index in [2.05, 4.69) is 20.0 Å². The fourth-order valence-electron chi connectivity index (χ4n) is 4.49. The number of carbonyl (C=O) groups excluding carboxylic acids is 2. The molecule has 2 heterocycles. The van der Waals surface area contributed by atoms with E-state index in [0.29, 0.717) is 12.0 Å². The van der Waals surface area contributed by atoms with E-state index in [1.165, 1.54) is 12.1 Å². The third-order valence-corrected chi connectivity index (χ3v) is 8.10. The summed E-state index contributed by atoms with van der Waals surface area (Å²) in [6, 6.07) is 12.5. The second-order valence-corrected chi connectivity index (χ2v) is 13.3.